The highest BCUT2D eigenvalue weighted by Crippen LogP contribution is 2.28. The summed E-state index contributed by atoms with van der Waals surface area (Å²) in [6.45, 7) is 0. The van der Waals surface area contributed by atoms with Crippen molar-refractivity contribution in [3.05, 3.63) is 107 Å². The van der Waals surface area contributed by atoms with Crippen LogP contribution in [-0.4, -0.2) is 32.9 Å². The monoisotopic (exact) mass is 452 g/mol. The van der Waals surface area contributed by atoms with Gasteiger partial charge in [0.05, 0.1) is 11.4 Å². The van der Waals surface area contributed by atoms with E-state index in [1.807, 2.05) is 48.5 Å². The molecule has 6 nitrogen and oxygen atoms in total. The molecule has 170 valence electrons. The molecule has 0 amide bonds. The molecule has 4 rings (SSSR count). The van der Waals surface area contributed by atoms with Gasteiger partial charge in [0.2, 0.25) is 0 Å². The van der Waals surface area contributed by atoms with Crippen molar-refractivity contribution in [3.63, 3.8) is 0 Å². The van der Waals surface area contributed by atoms with Crippen LogP contribution in [0.3, 0.4) is 0 Å². The van der Waals surface area contributed by atoms with E-state index < -0.39 is 0 Å². The third kappa shape index (κ3) is 5.61. The number of hydrogen-bond donors (Lipinski definition) is 4. The van der Waals surface area contributed by atoms with E-state index in [1.165, 1.54) is 35.7 Å². The molecule has 0 saturated heterocycles. The number of aromatic hydroxyl groups is 4. The van der Waals surface area contributed by atoms with Crippen LogP contribution in [0.1, 0.15) is 22.3 Å². The Bertz CT molecular complexity index is 1220. The van der Waals surface area contributed by atoms with E-state index in [-0.39, 0.29) is 23.0 Å². The fourth-order valence-corrected chi connectivity index (χ4v) is 3.38. The Labute approximate surface area is 197 Å². The minimum absolute atomic E-state index is 0.171. The predicted octanol–water partition coefficient (Wildman–Crippen LogP) is 5.80. The summed E-state index contributed by atoms with van der Waals surface area (Å²) in [6, 6.07) is 25.3. The first-order valence-electron chi connectivity index (χ1n) is 10.8. The Morgan fingerprint density at radius 2 is 0.882 bits per heavy atom. The van der Waals surface area contributed by atoms with Gasteiger partial charge in [-0.25, -0.2) is 0 Å². The molecule has 0 aromatic heterocycles. The summed E-state index contributed by atoms with van der Waals surface area (Å²) in [4.78, 5) is 8.72. The number of phenolic OH excluding ortho intramolecular Hbond substituents is 4. The molecule has 0 aliphatic carbocycles. The molecule has 0 aliphatic heterocycles. The molecule has 4 aromatic carbocycles. The van der Waals surface area contributed by atoms with Crippen molar-refractivity contribution in [2.24, 2.45) is 9.98 Å². The molecule has 0 heterocycles. The number of aliphatic imine (C=N–C) groups is 2. The number of benzene rings is 4. The minimum Gasteiger partial charge on any atom is -0.504 e. The summed E-state index contributed by atoms with van der Waals surface area (Å²) < 4.78 is 0. The molecule has 0 unspecified atom stereocenters. The molecular weight excluding hydrogens is 428 g/mol. The summed E-state index contributed by atoms with van der Waals surface area (Å²) >= 11 is 0. The first kappa shape index (κ1) is 22.6. The first-order chi connectivity index (χ1) is 16.5. The van der Waals surface area contributed by atoms with Crippen molar-refractivity contribution in [2.45, 2.75) is 12.8 Å². The second-order valence-corrected chi connectivity index (χ2v) is 7.78. The molecule has 0 fully saturated rings. The minimum atomic E-state index is -0.183. The molecule has 0 radical (unpaired) electrons. The molecular formula is C28H24N2O4. The maximum Gasteiger partial charge on any atom is 0.166 e. The molecule has 0 bridgehead atoms. The third-order valence-corrected chi connectivity index (χ3v) is 5.37. The molecule has 0 saturated carbocycles. The van der Waals surface area contributed by atoms with Crippen LogP contribution in [0.2, 0.25) is 0 Å². The number of rotatable bonds is 7. The van der Waals surface area contributed by atoms with Crippen molar-refractivity contribution in [1.29, 1.82) is 0 Å². The molecule has 0 spiro atoms. The highest BCUT2D eigenvalue weighted by Gasteiger charge is 2.04. The van der Waals surface area contributed by atoms with Crippen LogP contribution >= 0.6 is 0 Å². The Hall–Kier alpha value is -4.58. The van der Waals surface area contributed by atoms with E-state index in [9.17, 15) is 20.4 Å². The molecule has 4 aromatic rings. The molecule has 6 heteroatoms. The first-order valence-corrected chi connectivity index (χ1v) is 10.8. The SMILES string of the molecule is Oc1cccc(C=Nc2ccc(CCc3ccc(N=Cc4cccc(O)c4O)cc3)cc2)c1O. The van der Waals surface area contributed by atoms with Crippen LogP contribution < -0.4 is 0 Å². The quantitative estimate of drug-likeness (QED) is 0.210. The highest BCUT2D eigenvalue weighted by atomic mass is 16.3. The zero-order chi connectivity index (χ0) is 23.9. The van der Waals surface area contributed by atoms with Crippen LogP contribution in [0.25, 0.3) is 0 Å². The molecule has 4 N–H and O–H groups in total. The second-order valence-electron chi connectivity index (χ2n) is 7.78. The number of hydrogen-bond acceptors (Lipinski definition) is 6. The lowest BCUT2D eigenvalue weighted by Crippen LogP contribution is -1.90. The number of para-hydroxylation sites is 2. The van der Waals surface area contributed by atoms with E-state index in [1.54, 1.807) is 24.3 Å². The van der Waals surface area contributed by atoms with E-state index in [4.69, 9.17) is 0 Å². The number of nitrogens with zero attached hydrogens (tertiary/aromatic N) is 2. The maximum atomic E-state index is 9.85. The van der Waals surface area contributed by atoms with Crippen molar-refractivity contribution in [3.8, 4) is 23.0 Å². The smallest absolute Gasteiger partial charge is 0.166 e. The average Bonchev–Trinajstić information content (AvgIpc) is 2.86. The Morgan fingerprint density at radius 3 is 1.26 bits per heavy atom. The van der Waals surface area contributed by atoms with Crippen LogP contribution in [-0.2, 0) is 12.8 Å². The van der Waals surface area contributed by atoms with Gasteiger partial charge in [0.25, 0.3) is 0 Å². The third-order valence-electron chi connectivity index (χ3n) is 5.37. The van der Waals surface area contributed by atoms with Crippen LogP contribution in [0.4, 0.5) is 11.4 Å². The van der Waals surface area contributed by atoms with Crippen LogP contribution in [0.5, 0.6) is 23.0 Å². The lowest BCUT2D eigenvalue weighted by Gasteiger charge is -2.04. The Balaban J connectivity index is 1.33. The van der Waals surface area contributed by atoms with Gasteiger partial charge in [0, 0.05) is 23.6 Å². The predicted molar refractivity (Wildman–Crippen MR) is 134 cm³/mol. The Morgan fingerprint density at radius 1 is 0.500 bits per heavy atom. The van der Waals surface area contributed by atoms with Gasteiger partial charge in [-0.15, -0.1) is 0 Å². The summed E-state index contributed by atoms with van der Waals surface area (Å²) in [7, 11) is 0. The lowest BCUT2D eigenvalue weighted by atomic mass is 10.0. The fourth-order valence-electron chi connectivity index (χ4n) is 3.38. The summed E-state index contributed by atoms with van der Waals surface area (Å²) in [5, 5.41) is 38.8. The topological polar surface area (TPSA) is 106 Å². The van der Waals surface area contributed by atoms with Gasteiger partial charge in [0.1, 0.15) is 0 Å². The van der Waals surface area contributed by atoms with E-state index >= 15 is 0 Å². The zero-order valence-corrected chi connectivity index (χ0v) is 18.3. The van der Waals surface area contributed by atoms with Crippen molar-refractivity contribution >= 4 is 23.8 Å². The molecule has 0 atom stereocenters. The number of aryl methyl sites for hydroxylation is 2. The largest absolute Gasteiger partial charge is 0.504 e. The lowest BCUT2D eigenvalue weighted by molar-refractivity contribution is 0.403. The van der Waals surface area contributed by atoms with Crippen LogP contribution in [0, 0.1) is 0 Å². The Kier molecular flexibility index (Phi) is 6.89. The van der Waals surface area contributed by atoms with Gasteiger partial charge in [-0.05, 0) is 72.5 Å². The van der Waals surface area contributed by atoms with Crippen LogP contribution in [0.15, 0.2) is 94.9 Å². The van der Waals surface area contributed by atoms with E-state index in [0.717, 1.165) is 24.2 Å². The maximum absolute atomic E-state index is 9.85. The number of phenols is 4. The van der Waals surface area contributed by atoms with E-state index in [0.29, 0.717) is 11.1 Å². The second kappa shape index (κ2) is 10.4. The molecule has 34 heavy (non-hydrogen) atoms. The van der Waals surface area contributed by atoms with Gasteiger partial charge >= 0.3 is 0 Å². The van der Waals surface area contributed by atoms with Gasteiger partial charge in [0.15, 0.2) is 23.0 Å². The van der Waals surface area contributed by atoms with Gasteiger partial charge in [-0.3, -0.25) is 9.98 Å². The van der Waals surface area contributed by atoms with Gasteiger partial charge in [-0.2, -0.15) is 0 Å². The summed E-state index contributed by atoms with van der Waals surface area (Å²) in [6.07, 6.45) is 4.79. The molecule has 0 aliphatic rings. The van der Waals surface area contributed by atoms with E-state index in [2.05, 4.69) is 9.98 Å². The zero-order valence-electron chi connectivity index (χ0n) is 18.3. The van der Waals surface area contributed by atoms with Gasteiger partial charge < -0.3 is 20.4 Å². The fraction of sp³-hybridized carbons (Fsp3) is 0.0714. The average molecular weight is 453 g/mol. The van der Waals surface area contributed by atoms with Crippen molar-refractivity contribution in [2.75, 3.05) is 0 Å². The standard InChI is InChI=1S/C28H24N2O4/c31-25-5-1-3-21(27(25)33)17-29-23-13-9-19(10-14-23)7-8-20-11-15-24(16-12-20)30-18-22-4-2-6-26(32)28(22)34/h1-6,9-18,31-34H,7-8H2. The van der Waals surface area contributed by atoms with Crippen molar-refractivity contribution in [1.82, 2.24) is 0 Å². The van der Waals surface area contributed by atoms with Crippen molar-refractivity contribution < 1.29 is 20.4 Å². The normalized spacial score (nSPS) is 11.4. The summed E-state index contributed by atoms with van der Waals surface area (Å²) in [5.74, 6) is -0.709. The van der Waals surface area contributed by atoms with Gasteiger partial charge in [-0.1, -0.05) is 36.4 Å². The summed E-state index contributed by atoms with van der Waals surface area (Å²) in [5.41, 5.74) is 4.78. The highest BCUT2D eigenvalue weighted by molar-refractivity contribution is 5.87.